The van der Waals surface area contributed by atoms with Crippen molar-refractivity contribution in [2.75, 3.05) is 25.6 Å². The second kappa shape index (κ2) is 5.17. The monoisotopic (exact) mass is 269 g/mol. The van der Waals surface area contributed by atoms with E-state index in [1.807, 2.05) is 37.3 Å². The van der Waals surface area contributed by atoms with Gasteiger partial charge in [0.05, 0.1) is 25.2 Å². The van der Waals surface area contributed by atoms with Crippen LogP contribution in [0.4, 0.5) is 5.69 Å². The molecule has 2 N–H and O–H groups in total. The van der Waals surface area contributed by atoms with E-state index >= 15 is 0 Å². The summed E-state index contributed by atoms with van der Waals surface area (Å²) in [6, 6.07) is 16.3. The van der Waals surface area contributed by atoms with Crippen molar-refractivity contribution < 1.29 is 9.47 Å². The van der Waals surface area contributed by atoms with Crippen LogP contribution >= 0.6 is 0 Å². The maximum Gasteiger partial charge on any atom is 0.119 e. The Hall–Kier alpha value is -2.00. The van der Waals surface area contributed by atoms with Gasteiger partial charge in [0, 0.05) is 5.69 Å². The summed E-state index contributed by atoms with van der Waals surface area (Å²) in [6.45, 7) is 4.04. The van der Waals surface area contributed by atoms with Gasteiger partial charge in [-0.25, -0.2) is 0 Å². The van der Waals surface area contributed by atoms with Crippen LogP contribution in [0, 0.1) is 0 Å². The molecule has 3 heteroatoms. The predicted octanol–water partition coefficient (Wildman–Crippen LogP) is 2.98. The molecule has 2 aromatic carbocycles. The molecule has 0 aliphatic carbocycles. The summed E-state index contributed by atoms with van der Waals surface area (Å²) in [5.41, 5.74) is 9.04. The van der Waals surface area contributed by atoms with Crippen LogP contribution < -0.4 is 10.5 Å². The first-order valence-corrected chi connectivity index (χ1v) is 6.92. The Kier molecular flexibility index (Phi) is 3.36. The molecule has 104 valence electrons. The van der Waals surface area contributed by atoms with Crippen LogP contribution in [0.2, 0.25) is 0 Å². The van der Waals surface area contributed by atoms with Crippen molar-refractivity contribution in [1.29, 1.82) is 0 Å². The summed E-state index contributed by atoms with van der Waals surface area (Å²) < 4.78 is 11.1. The molecule has 0 unspecified atom stereocenters. The number of nitrogen functional groups attached to an aromatic ring is 1. The number of benzene rings is 2. The standard InChI is InChI=1S/C17H19NO2/c1-2-20-16-8-4-6-14(10-16)17(11-19-12-17)13-5-3-7-15(18)9-13/h3-10H,2,11-12,18H2,1H3. The first-order valence-electron chi connectivity index (χ1n) is 6.92. The molecule has 0 amide bonds. The molecule has 1 aliphatic heterocycles. The quantitative estimate of drug-likeness (QED) is 0.868. The lowest BCUT2D eigenvalue weighted by molar-refractivity contribution is -0.0380. The van der Waals surface area contributed by atoms with Gasteiger partial charge in [-0.2, -0.15) is 0 Å². The molecule has 1 fully saturated rings. The second-order valence-electron chi connectivity index (χ2n) is 5.16. The van der Waals surface area contributed by atoms with Crippen molar-refractivity contribution >= 4 is 5.69 Å². The average Bonchev–Trinajstić information content (AvgIpc) is 2.38. The van der Waals surface area contributed by atoms with Crippen molar-refractivity contribution in [2.45, 2.75) is 12.3 Å². The molecule has 3 nitrogen and oxygen atoms in total. The summed E-state index contributed by atoms with van der Waals surface area (Å²) in [4.78, 5) is 0. The van der Waals surface area contributed by atoms with E-state index < -0.39 is 0 Å². The molecule has 0 aromatic heterocycles. The molecule has 0 saturated carbocycles. The van der Waals surface area contributed by atoms with Crippen molar-refractivity contribution in [1.82, 2.24) is 0 Å². The van der Waals surface area contributed by atoms with E-state index in [1.54, 1.807) is 0 Å². The lowest BCUT2D eigenvalue weighted by Crippen LogP contribution is -2.47. The fourth-order valence-electron chi connectivity index (χ4n) is 2.69. The Balaban J connectivity index is 2.02. The van der Waals surface area contributed by atoms with E-state index in [0.717, 1.165) is 11.4 Å². The smallest absolute Gasteiger partial charge is 0.119 e. The van der Waals surface area contributed by atoms with Gasteiger partial charge in [-0.1, -0.05) is 24.3 Å². The van der Waals surface area contributed by atoms with Gasteiger partial charge in [0.2, 0.25) is 0 Å². The largest absolute Gasteiger partial charge is 0.494 e. The SMILES string of the molecule is CCOc1cccc(C2(c3cccc(N)c3)COC2)c1. The van der Waals surface area contributed by atoms with Crippen LogP contribution in [-0.4, -0.2) is 19.8 Å². The molecule has 0 radical (unpaired) electrons. The molecular weight excluding hydrogens is 250 g/mol. The van der Waals surface area contributed by atoms with Crippen LogP contribution in [0.25, 0.3) is 0 Å². The number of rotatable bonds is 4. The van der Waals surface area contributed by atoms with E-state index in [0.29, 0.717) is 19.8 Å². The highest BCUT2D eigenvalue weighted by molar-refractivity contribution is 5.50. The summed E-state index contributed by atoms with van der Waals surface area (Å²) in [5, 5.41) is 0. The van der Waals surface area contributed by atoms with E-state index in [2.05, 4.69) is 18.2 Å². The van der Waals surface area contributed by atoms with Gasteiger partial charge >= 0.3 is 0 Å². The van der Waals surface area contributed by atoms with Gasteiger partial charge in [0.15, 0.2) is 0 Å². The lowest BCUT2D eigenvalue weighted by atomic mass is 9.73. The minimum Gasteiger partial charge on any atom is -0.494 e. The van der Waals surface area contributed by atoms with Crippen LogP contribution in [0.3, 0.4) is 0 Å². The van der Waals surface area contributed by atoms with E-state index in [9.17, 15) is 0 Å². The van der Waals surface area contributed by atoms with Crippen molar-refractivity contribution in [3.63, 3.8) is 0 Å². The Morgan fingerprint density at radius 3 is 2.40 bits per heavy atom. The van der Waals surface area contributed by atoms with Crippen LogP contribution in [0.15, 0.2) is 48.5 Å². The lowest BCUT2D eigenvalue weighted by Gasteiger charge is -2.42. The summed E-state index contributed by atoms with van der Waals surface area (Å²) >= 11 is 0. The number of nitrogens with two attached hydrogens (primary N) is 1. The molecule has 1 saturated heterocycles. The molecule has 1 aliphatic rings. The Labute approximate surface area is 119 Å². The minimum atomic E-state index is -0.0948. The zero-order chi connectivity index (χ0) is 14.0. The Morgan fingerprint density at radius 2 is 1.80 bits per heavy atom. The molecule has 2 aromatic rings. The molecule has 3 rings (SSSR count). The van der Waals surface area contributed by atoms with Crippen molar-refractivity contribution in [2.24, 2.45) is 0 Å². The fraction of sp³-hybridized carbons (Fsp3) is 0.294. The van der Waals surface area contributed by atoms with Gasteiger partial charge in [-0.15, -0.1) is 0 Å². The van der Waals surface area contributed by atoms with Gasteiger partial charge in [-0.05, 0) is 42.3 Å². The maximum absolute atomic E-state index is 5.92. The van der Waals surface area contributed by atoms with Gasteiger partial charge in [-0.3, -0.25) is 0 Å². The zero-order valence-electron chi connectivity index (χ0n) is 11.6. The van der Waals surface area contributed by atoms with Crippen LogP contribution in [-0.2, 0) is 10.2 Å². The Morgan fingerprint density at radius 1 is 1.10 bits per heavy atom. The molecule has 0 atom stereocenters. The highest BCUT2D eigenvalue weighted by Crippen LogP contribution is 2.40. The highest BCUT2D eigenvalue weighted by atomic mass is 16.5. The third kappa shape index (κ3) is 2.14. The number of hydrogen-bond donors (Lipinski definition) is 1. The van der Waals surface area contributed by atoms with E-state index in [-0.39, 0.29) is 5.41 Å². The summed E-state index contributed by atoms with van der Waals surface area (Å²) in [7, 11) is 0. The van der Waals surface area contributed by atoms with E-state index in [4.69, 9.17) is 15.2 Å². The van der Waals surface area contributed by atoms with Crippen LogP contribution in [0.1, 0.15) is 18.1 Å². The van der Waals surface area contributed by atoms with Crippen molar-refractivity contribution in [3.8, 4) is 5.75 Å². The molecule has 0 spiro atoms. The van der Waals surface area contributed by atoms with Gasteiger partial charge in [0.25, 0.3) is 0 Å². The second-order valence-corrected chi connectivity index (χ2v) is 5.16. The summed E-state index contributed by atoms with van der Waals surface area (Å²) in [5.74, 6) is 0.903. The zero-order valence-corrected chi connectivity index (χ0v) is 11.6. The topological polar surface area (TPSA) is 44.5 Å². The first-order chi connectivity index (χ1) is 9.74. The minimum absolute atomic E-state index is 0.0948. The molecule has 20 heavy (non-hydrogen) atoms. The number of anilines is 1. The molecule has 1 heterocycles. The average molecular weight is 269 g/mol. The molecular formula is C17H19NO2. The number of hydrogen-bond acceptors (Lipinski definition) is 3. The predicted molar refractivity (Wildman–Crippen MR) is 80.1 cm³/mol. The van der Waals surface area contributed by atoms with Crippen LogP contribution in [0.5, 0.6) is 5.75 Å². The normalized spacial score (nSPS) is 16.4. The number of ether oxygens (including phenoxy) is 2. The summed E-state index contributed by atoms with van der Waals surface area (Å²) in [6.07, 6.45) is 0. The highest BCUT2D eigenvalue weighted by Gasteiger charge is 2.42. The van der Waals surface area contributed by atoms with Crippen molar-refractivity contribution in [3.05, 3.63) is 59.7 Å². The third-order valence-electron chi connectivity index (χ3n) is 3.83. The third-order valence-corrected chi connectivity index (χ3v) is 3.83. The van der Waals surface area contributed by atoms with E-state index in [1.165, 1.54) is 11.1 Å². The first kappa shape index (κ1) is 13.0. The fourth-order valence-corrected chi connectivity index (χ4v) is 2.69. The van der Waals surface area contributed by atoms with Gasteiger partial charge < -0.3 is 15.2 Å². The van der Waals surface area contributed by atoms with Gasteiger partial charge in [0.1, 0.15) is 5.75 Å². The maximum atomic E-state index is 5.92. The Bertz CT molecular complexity index is 605. The molecule has 0 bridgehead atoms.